The number of aryl methyl sites for hydroxylation is 1. The molecule has 0 aliphatic rings. The fraction of sp³-hybridized carbons (Fsp3) is 0.176. The zero-order chi connectivity index (χ0) is 19.8. The van der Waals surface area contributed by atoms with E-state index in [4.69, 9.17) is 5.73 Å². The highest BCUT2D eigenvalue weighted by molar-refractivity contribution is 5.58. The summed E-state index contributed by atoms with van der Waals surface area (Å²) in [7, 11) is 0. The van der Waals surface area contributed by atoms with Gasteiger partial charge in [-0.15, -0.1) is 5.10 Å². The van der Waals surface area contributed by atoms with Crippen LogP contribution in [0.15, 0.2) is 48.5 Å². The molecule has 3 rings (SSSR count). The number of aromatic nitrogens is 3. The summed E-state index contributed by atoms with van der Waals surface area (Å²) in [5.74, 6) is 0.283. The number of nitrogens with zero attached hydrogens (tertiary/aromatic N) is 3. The van der Waals surface area contributed by atoms with E-state index in [1.165, 1.54) is 16.8 Å². The van der Waals surface area contributed by atoms with Gasteiger partial charge in [0, 0.05) is 11.3 Å². The Labute approximate surface area is 150 Å². The van der Waals surface area contributed by atoms with Gasteiger partial charge in [-0.05, 0) is 55.5 Å². The zero-order valence-corrected chi connectivity index (χ0v) is 13.8. The molecule has 1 aromatic heterocycles. The first-order valence-corrected chi connectivity index (χ1v) is 7.60. The molecule has 0 bridgehead atoms. The summed E-state index contributed by atoms with van der Waals surface area (Å²) in [5.41, 5.74) is 7.36. The van der Waals surface area contributed by atoms with E-state index in [0.29, 0.717) is 23.0 Å². The van der Waals surface area contributed by atoms with Crippen molar-refractivity contribution in [2.75, 3.05) is 5.73 Å². The average molecular weight is 384 g/mol. The van der Waals surface area contributed by atoms with Crippen molar-refractivity contribution >= 4 is 5.69 Å². The molecule has 2 N–H and O–H groups in total. The van der Waals surface area contributed by atoms with Gasteiger partial charge in [-0.1, -0.05) is 0 Å². The number of ether oxygens (including phenoxy) is 1. The number of rotatable bonds is 4. The van der Waals surface area contributed by atoms with E-state index in [9.17, 15) is 22.0 Å². The summed E-state index contributed by atoms with van der Waals surface area (Å²) >= 11 is 0. The molecule has 0 aliphatic carbocycles. The summed E-state index contributed by atoms with van der Waals surface area (Å²) in [6.07, 6.45) is -11.1. The number of hydrogen-bond acceptors (Lipinski definition) is 4. The van der Waals surface area contributed by atoms with E-state index in [-0.39, 0.29) is 0 Å². The average Bonchev–Trinajstić information content (AvgIpc) is 2.97. The molecule has 1 heterocycles. The Hall–Kier alpha value is -3.17. The smallest absolute Gasteiger partial charge is 0.426 e. The van der Waals surface area contributed by atoms with E-state index in [1.54, 1.807) is 31.2 Å². The molecule has 0 saturated heterocycles. The van der Waals surface area contributed by atoms with Crippen LogP contribution in [0.1, 0.15) is 5.82 Å². The third-order valence-electron chi connectivity index (χ3n) is 3.60. The largest absolute Gasteiger partial charge is 0.499 e. The fourth-order valence-corrected chi connectivity index (χ4v) is 2.25. The van der Waals surface area contributed by atoms with Gasteiger partial charge in [0.1, 0.15) is 11.6 Å². The van der Waals surface area contributed by atoms with Crippen LogP contribution in [0.3, 0.4) is 0 Å². The first kappa shape index (κ1) is 18.6. The molecule has 0 unspecified atom stereocenters. The van der Waals surface area contributed by atoms with Crippen LogP contribution in [0.2, 0.25) is 0 Å². The van der Waals surface area contributed by atoms with Crippen LogP contribution in [0, 0.1) is 6.92 Å². The van der Waals surface area contributed by atoms with Gasteiger partial charge in [-0.2, -0.15) is 22.0 Å². The second kappa shape index (κ2) is 6.53. The lowest BCUT2D eigenvalue weighted by molar-refractivity contribution is -0.360. The van der Waals surface area contributed by atoms with Gasteiger partial charge in [0.05, 0.1) is 5.69 Å². The van der Waals surface area contributed by atoms with Gasteiger partial charge in [-0.3, -0.25) is 0 Å². The van der Waals surface area contributed by atoms with Crippen LogP contribution >= 0.6 is 0 Å². The predicted molar refractivity (Wildman–Crippen MR) is 87.6 cm³/mol. The topological polar surface area (TPSA) is 66.0 Å². The van der Waals surface area contributed by atoms with Crippen molar-refractivity contribution < 1.29 is 26.7 Å². The Kier molecular flexibility index (Phi) is 4.50. The number of nitrogens with two attached hydrogens (primary N) is 1. The van der Waals surface area contributed by atoms with Crippen LogP contribution in [0.25, 0.3) is 17.1 Å². The number of halogens is 5. The van der Waals surface area contributed by atoms with Gasteiger partial charge < -0.3 is 10.5 Å². The Bertz CT molecular complexity index is 933. The minimum atomic E-state index is -5.80. The molecule has 0 fully saturated rings. The number of hydrogen-bond donors (Lipinski definition) is 1. The van der Waals surface area contributed by atoms with Crippen molar-refractivity contribution in [2.45, 2.75) is 19.2 Å². The van der Waals surface area contributed by atoms with E-state index in [1.807, 2.05) is 0 Å². The van der Waals surface area contributed by atoms with E-state index in [2.05, 4.69) is 14.8 Å². The molecule has 0 spiro atoms. The first-order chi connectivity index (χ1) is 12.6. The maximum absolute atomic E-state index is 12.9. The van der Waals surface area contributed by atoms with Crippen LogP contribution in [0.4, 0.5) is 27.6 Å². The Morgan fingerprint density at radius 3 is 2.07 bits per heavy atom. The van der Waals surface area contributed by atoms with Crippen molar-refractivity contribution in [3.63, 3.8) is 0 Å². The summed E-state index contributed by atoms with van der Waals surface area (Å²) in [6, 6.07) is 11.5. The van der Waals surface area contributed by atoms with Gasteiger partial charge in [0.2, 0.25) is 0 Å². The van der Waals surface area contributed by atoms with Crippen molar-refractivity contribution in [3.05, 3.63) is 54.4 Å². The lowest BCUT2D eigenvalue weighted by atomic mass is 10.2. The highest BCUT2D eigenvalue weighted by atomic mass is 19.4. The van der Waals surface area contributed by atoms with Gasteiger partial charge in [0.15, 0.2) is 5.82 Å². The maximum Gasteiger partial charge on any atom is 0.499 e. The summed E-state index contributed by atoms with van der Waals surface area (Å²) in [6.45, 7) is 1.68. The standard InChI is InChI=1S/C17H13F5N4O/c1-10-24-15(11-2-4-12(23)5-3-11)25-26(10)13-6-8-14(9-7-13)27-17(21,22)16(18,19)20/h2-9H,23H2,1H3. The Morgan fingerprint density at radius 1 is 0.926 bits per heavy atom. The fourth-order valence-electron chi connectivity index (χ4n) is 2.25. The molecule has 0 amide bonds. The number of anilines is 1. The summed E-state index contributed by atoms with van der Waals surface area (Å²) in [4.78, 5) is 4.31. The van der Waals surface area contributed by atoms with Gasteiger partial charge in [-0.25, -0.2) is 9.67 Å². The molecule has 5 nitrogen and oxygen atoms in total. The number of nitrogen functional groups attached to an aromatic ring is 1. The zero-order valence-electron chi connectivity index (χ0n) is 13.8. The molecular weight excluding hydrogens is 371 g/mol. The third kappa shape index (κ3) is 3.83. The van der Waals surface area contributed by atoms with E-state index in [0.717, 1.165) is 17.7 Å². The lowest BCUT2D eigenvalue weighted by Crippen LogP contribution is -2.41. The van der Waals surface area contributed by atoms with Crippen LogP contribution in [-0.2, 0) is 0 Å². The normalized spacial score (nSPS) is 12.2. The van der Waals surface area contributed by atoms with Gasteiger partial charge in [0.25, 0.3) is 0 Å². The highest BCUT2D eigenvalue weighted by Crippen LogP contribution is 2.37. The SMILES string of the molecule is Cc1nc(-c2ccc(N)cc2)nn1-c1ccc(OC(F)(F)C(F)(F)F)cc1. The Morgan fingerprint density at radius 2 is 1.52 bits per heavy atom. The molecule has 10 heteroatoms. The molecular formula is C17H13F5N4O. The molecule has 2 aromatic carbocycles. The minimum absolute atomic E-state index is 0.413. The van der Waals surface area contributed by atoms with E-state index < -0.39 is 18.0 Å². The number of benzene rings is 2. The van der Waals surface area contributed by atoms with Gasteiger partial charge >= 0.3 is 12.3 Å². The molecule has 0 atom stereocenters. The molecule has 27 heavy (non-hydrogen) atoms. The predicted octanol–water partition coefficient (Wildman–Crippen LogP) is 4.36. The van der Waals surface area contributed by atoms with Crippen LogP contribution in [-0.4, -0.2) is 27.0 Å². The maximum atomic E-state index is 12.9. The van der Waals surface area contributed by atoms with Crippen LogP contribution in [0.5, 0.6) is 5.75 Å². The molecule has 0 radical (unpaired) electrons. The molecule has 142 valence electrons. The number of alkyl halides is 5. The van der Waals surface area contributed by atoms with E-state index >= 15 is 0 Å². The minimum Gasteiger partial charge on any atom is -0.426 e. The summed E-state index contributed by atoms with van der Waals surface area (Å²) in [5, 5.41) is 4.32. The quantitative estimate of drug-likeness (QED) is 0.536. The lowest BCUT2D eigenvalue weighted by Gasteiger charge is -2.20. The monoisotopic (exact) mass is 384 g/mol. The van der Waals surface area contributed by atoms with Crippen molar-refractivity contribution in [2.24, 2.45) is 0 Å². The second-order valence-electron chi connectivity index (χ2n) is 5.63. The summed E-state index contributed by atoms with van der Waals surface area (Å²) < 4.78 is 67.7. The third-order valence-corrected chi connectivity index (χ3v) is 3.60. The van der Waals surface area contributed by atoms with Crippen molar-refractivity contribution in [1.29, 1.82) is 0 Å². The van der Waals surface area contributed by atoms with Crippen molar-refractivity contribution in [1.82, 2.24) is 14.8 Å². The van der Waals surface area contributed by atoms with Crippen LogP contribution < -0.4 is 10.5 Å². The first-order valence-electron chi connectivity index (χ1n) is 7.60. The molecule has 0 aliphatic heterocycles. The van der Waals surface area contributed by atoms with Crippen molar-refractivity contribution in [3.8, 4) is 22.8 Å². The molecule has 3 aromatic rings. The highest BCUT2D eigenvalue weighted by Gasteiger charge is 2.61. The second-order valence-corrected chi connectivity index (χ2v) is 5.63. The molecule has 0 saturated carbocycles. The Balaban J connectivity index is 1.85.